The molecule has 6 nitrogen and oxygen atoms in total. The van der Waals surface area contributed by atoms with Crippen LogP contribution in [0.3, 0.4) is 0 Å². The van der Waals surface area contributed by atoms with E-state index in [0.717, 1.165) is 23.0 Å². The smallest absolute Gasteiger partial charge is 0.255 e. The molecule has 0 radical (unpaired) electrons. The molecular formula is C16H19N3O3S. The molecular weight excluding hydrogens is 314 g/mol. The maximum Gasteiger partial charge on any atom is 0.255 e. The number of nitrogens with one attached hydrogen (secondary N) is 2. The zero-order chi connectivity index (χ0) is 16.8. The van der Waals surface area contributed by atoms with Crippen molar-refractivity contribution in [3.8, 4) is 0 Å². The van der Waals surface area contributed by atoms with Gasteiger partial charge in [0.2, 0.25) is 5.91 Å². The number of aliphatic hydroxyl groups excluding tert-OH is 1. The quantitative estimate of drug-likeness (QED) is 0.552. The zero-order valence-electron chi connectivity index (χ0n) is 13.0. The van der Waals surface area contributed by atoms with Crippen molar-refractivity contribution in [2.45, 2.75) is 25.4 Å². The number of carbonyl (C=O) groups is 1. The Morgan fingerprint density at radius 2 is 2.00 bits per heavy atom. The third kappa shape index (κ3) is 4.94. The van der Waals surface area contributed by atoms with Crippen LogP contribution in [0.1, 0.15) is 16.8 Å². The van der Waals surface area contributed by atoms with Crippen LogP contribution in [0.15, 0.2) is 34.2 Å². The number of nitrogens with zero attached hydrogens (tertiary/aromatic N) is 1. The average Bonchev–Trinajstić information content (AvgIpc) is 2.51. The van der Waals surface area contributed by atoms with Crippen molar-refractivity contribution in [1.82, 2.24) is 9.97 Å². The molecule has 0 fully saturated rings. The number of amides is 1. The number of H-pyrrole nitrogens is 1. The standard InChI is InChI=1S/C16H19N3O3S/c1-10-3-5-12(6-4-10)18-14(21)9-23-16-17-11(2)13(7-8-20)15(22)19-16/h3-6,20H,7-9H2,1-2H3,(H,18,21)(H,17,19,22). The lowest BCUT2D eigenvalue weighted by atomic mass is 10.2. The molecule has 2 rings (SSSR count). The van der Waals surface area contributed by atoms with Crippen LogP contribution in [0.25, 0.3) is 0 Å². The molecule has 1 amide bonds. The highest BCUT2D eigenvalue weighted by atomic mass is 32.2. The van der Waals surface area contributed by atoms with Crippen molar-refractivity contribution in [1.29, 1.82) is 0 Å². The first-order valence-corrected chi connectivity index (χ1v) is 8.18. The number of hydrogen-bond acceptors (Lipinski definition) is 5. The number of aliphatic hydroxyl groups is 1. The minimum Gasteiger partial charge on any atom is -0.396 e. The van der Waals surface area contributed by atoms with Crippen LogP contribution in [0.5, 0.6) is 0 Å². The molecule has 0 bridgehead atoms. The lowest BCUT2D eigenvalue weighted by molar-refractivity contribution is -0.113. The van der Waals surface area contributed by atoms with Gasteiger partial charge >= 0.3 is 0 Å². The monoisotopic (exact) mass is 333 g/mol. The van der Waals surface area contributed by atoms with Gasteiger partial charge in [-0.05, 0) is 26.0 Å². The fourth-order valence-corrected chi connectivity index (χ4v) is 2.73. The van der Waals surface area contributed by atoms with E-state index in [-0.39, 0.29) is 30.2 Å². The molecule has 1 heterocycles. The van der Waals surface area contributed by atoms with Crippen molar-refractivity contribution < 1.29 is 9.90 Å². The van der Waals surface area contributed by atoms with E-state index < -0.39 is 0 Å². The first-order valence-electron chi connectivity index (χ1n) is 7.19. The van der Waals surface area contributed by atoms with Crippen LogP contribution in [0.2, 0.25) is 0 Å². The summed E-state index contributed by atoms with van der Waals surface area (Å²) in [6.45, 7) is 3.60. The van der Waals surface area contributed by atoms with Gasteiger partial charge in [0.25, 0.3) is 5.56 Å². The van der Waals surface area contributed by atoms with Gasteiger partial charge in [-0.25, -0.2) is 4.98 Å². The predicted molar refractivity (Wildman–Crippen MR) is 90.9 cm³/mol. The van der Waals surface area contributed by atoms with Crippen LogP contribution in [0.4, 0.5) is 5.69 Å². The van der Waals surface area contributed by atoms with Crippen molar-refractivity contribution in [2.75, 3.05) is 17.7 Å². The van der Waals surface area contributed by atoms with Gasteiger partial charge in [-0.3, -0.25) is 9.59 Å². The van der Waals surface area contributed by atoms with Crippen LogP contribution in [-0.2, 0) is 11.2 Å². The zero-order valence-corrected chi connectivity index (χ0v) is 13.9. The fraction of sp³-hybridized carbons (Fsp3) is 0.312. The van der Waals surface area contributed by atoms with Crippen LogP contribution in [0, 0.1) is 13.8 Å². The first-order chi connectivity index (χ1) is 11.0. The number of anilines is 1. The van der Waals surface area contributed by atoms with E-state index in [0.29, 0.717) is 16.4 Å². The number of thioether (sulfide) groups is 1. The van der Waals surface area contributed by atoms with Gasteiger partial charge in [-0.2, -0.15) is 0 Å². The Morgan fingerprint density at radius 1 is 1.30 bits per heavy atom. The van der Waals surface area contributed by atoms with Crippen molar-refractivity contribution in [3.63, 3.8) is 0 Å². The second kappa shape index (κ2) is 7.94. The van der Waals surface area contributed by atoms with Gasteiger partial charge < -0.3 is 15.4 Å². The highest BCUT2D eigenvalue weighted by Crippen LogP contribution is 2.14. The van der Waals surface area contributed by atoms with Crippen molar-refractivity contribution in [3.05, 3.63) is 51.4 Å². The molecule has 0 aliphatic rings. The minimum absolute atomic E-state index is 0.100. The molecule has 0 spiro atoms. The summed E-state index contributed by atoms with van der Waals surface area (Å²) in [6, 6.07) is 7.52. The van der Waals surface area contributed by atoms with Gasteiger partial charge in [0.05, 0.1) is 5.75 Å². The third-order valence-electron chi connectivity index (χ3n) is 3.24. The summed E-state index contributed by atoms with van der Waals surface area (Å²) in [5, 5.41) is 12.1. The van der Waals surface area contributed by atoms with Gasteiger partial charge in [0.1, 0.15) is 0 Å². The molecule has 0 atom stereocenters. The summed E-state index contributed by atoms with van der Waals surface area (Å²) in [6.07, 6.45) is 0.271. The Morgan fingerprint density at radius 3 is 2.61 bits per heavy atom. The molecule has 2 aromatic rings. The molecule has 23 heavy (non-hydrogen) atoms. The topological polar surface area (TPSA) is 95.1 Å². The second-order valence-corrected chi connectivity index (χ2v) is 6.08. The van der Waals surface area contributed by atoms with Gasteiger partial charge in [-0.15, -0.1) is 0 Å². The summed E-state index contributed by atoms with van der Waals surface area (Å²) in [7, 11) is 0. The maximum absolute atomic E-state index is 11.9. The number of aromatic amines is 1. The van der Waals surface area contributed by atoms with E-state index in [1.807, 2.05) is 31.2 Å². The molecule has 1 aromatic heterocycles. The predicted octanol–water partition coefficient (Wildman–Crippen LogP) is 1.65. The molecule has 1 aromatic carbocycles. The van der Waals surface area contributed by atoms with Gasteiger partial charge in [0, 0.05) is 30.0 Å². The molecule has 0 saturated heterocycles. The van der Waals surface area contributed by atoms with Crippen LogP contribution in [-0.4, -0.2) is 33.3 Å². The van der Waals surface area contributed by atoms with Gasteiger partial charge in [-0.1, -0.05) is 29.5 Å². The van der Waals surface area contributed by atoms with E-state index in [9.17, 15) is 9.59 Å². The van der Waals surface area contributed by atoms with Crippen molar-refractivity contribution >= 4 is 23.4 Å². The lowest BCUT2D eigenvalue weighted by Crippen LogP contribution is -2.19. The number of hydrogen-bond donors (Lipinski definition) is 3. The van der Waals surface area contributed by atoms with E-state index in [1.54, 1.807) is 6.92 Å². The SMILES string of the molecule is Cc1ccc(NC(=O)CSc2nc(C)c(CCO)c(=O)[nH]2)cc1. The van der Waals surface area contributed by atoms with Gasteiger partial charge in [0.15, 0.2) is 5.16 Å². The highest BCUT2D eigenvalue weighted by Gasteiger charge is 2.10. The summed E-state index contributed by atoms with van der Waals surface area (Å²) >= 11 is 1.16. The summed E-state index contributed by atoms with van der Waals surface area (Å²) in [5.41, 5.74) is 2.63. The molecule has 0 aliphatic carbocycles. The Labute approximate surface area is 138 Å². The molecule has 0 saturated carbocycles. The number of carbonyl (C=O) groups excluding carboxylic acids is 1. The minimum atomic E-state index is -0.270. The van der Waals surface area contributed by atoms with Crippen molar-refractivity contribution in [2.24, 2.45) is 0 Å². The van der Waals surface area contributed by atoms with E-state index in [1.165, 1.54) is 0 Å². The maximum atomic E-state index is 11.9. The highest BCUT2D eigenvalue weighted by molar-refractivity contribution is 7.99. The number of aromatic nitrogens is 2. The second-order valence-electron chi connectivity index (χ2n) is 5.11. The lowest BCUT2D eigenvalue weighted by Gasteiger charge is -2.07. The number of benzene rings is 1. The summed E-state index contributed by atoms with van der Waals surface area (Å²) in [5.74, 6) is -0.0196. The normalized spacial score (nSPS) is 10.6. The number of rotatable bonds is 6. The Bertz CT molecular complexity index is 741. The van der Waals surface area contributed by atoms with E-state index in [2.05, 4.69) is 15.3 Å². The summed E-state index contributed by atoms with van der Waals surface area (Å²) < 4.78 is 0. The Balaban J connectivity index is 1.96. The van der Waals surface area contributed by atoms with Crippen LogP contribution < -0.4 is 10.9 Å². The molecule has 0 aliphatic heterocycles. The Kier molecular flexibility index (Phi) is 5.95. The molecule has 0 unspecified atom stereocenters. The third-order valence-corrected chi connectivity index (χ3v) is 4.11. The first kappa shape index (κ1) is 17.2. The average molecular weight is 333 g/mol. The molecule has 3 N–H and O–H groups in total. The largest absolute Gasteiger partial charge is 0.396 e. The molecule has 122 valence electrons. The molecule has 7 heteroatoms. The fourth-order valence-electron chi connectivity index (χ4n) is 2.03. The van der Waals surface area contributed by atoms with E-state index >= 15 is 0 Å². The number of aryl methyl sites for hydroxylation is 2. The Hall–Kier alpha value is -2.12. The summed E-state index contributed by atoms with van der Waals surface area (Å²) in [4.78, 5) is 30.7. The van der Waals surface area contributed by atoms with E-state index in [4.69, 9.17) is 5.11 Å². The van der Waals surface area contributed by atoms with Crippen LogP contribution >= 0.6 is 11.8 Å².